The molecule has 0 amide bonds. The van der Waals surface area contributed by atoms with Crippen LogP contribution in [-0.2, 0) is 75.9 Å². The van der Waals surface area contributed by atoms with Crippen LogP contribution in [0.3, 0.4) is 0 Å². The summed E-state index contributed by atoms with van der Waals surface area (Å²) in [6, 6.07) is 0. The number of carbonyl (C=O) groups is 2. The van der Waals surface area contributed by atoms with Crippen LogP contribution in [0.2, 0.25) is 0 Å². The molecular weight excluding hydrogens is 1170 g/mol. The van der Waals surface area contributed by atoms with Gasteiger partial charge in [-0.05, 0) is 0 Å². The summed E-state index contributed by atoms with van der Waals surface area (Å²) in [4.78, 5) is 24.1. The van der Waals surface area contributed by atoms with E-state index in [9.17, 15) is 122 Å². The van der Waals surface area contributed by atoms with Crippen molar-refractivity contribution in [2.24, 2.45) is 0 Å². The van der Waals surface area contributed by atoms with Gasteiger partial charge in [0.05, 0.1) is 51.6 Å². The molecule has 0 aromatic heterocycles. The molecule has 21 aliphatic rings. The van der Waals surface area contributed by atoms with Gasteiger partial charge in [-0.2, -0.15) is 0 Å². The maximum Gasteiger partial charge on any atom is 0.187 e. The number of carboxylic acids is 2. The van der Waals surface area contributed by atoms with E-state index in [2.05, 4.69) is 0 Å². The van der Waals surface area contributed by atoms with E-state index in [1.165, 1.54) is 0 Å². The summed E-state index contributed by atoms with van der Waals surface area (Å²) >= 11 is 0. The van der Waals surface area contributed by atoms with E-state index in [4.69, 9.17) is 66.3 Å². The Morgan fingerprint density at radius 3 is 0.565 bits per heavy atom. The van der Waals surface area contributed by atoms with Crippen LogP contribution in [-0.4, -0.2) is 393 Å². The second-order valence-corrected chi connectivity index (χ2v) is 21.4. The van der Waals surface area contributed by atoms with Gasteiger partial charge < -0.3 is 188 Å². The van der Waals surface area contributed by atoms with E-state index in [1.54, 1.807) is 0 Å². The number of hydrogen-bond donors (Lipinski definition) is 20. The number of aliphatic carboxylic acids is 2. The van der Waals surface area contributed by atoms with Crippen LogP contribution in [0.5, 0.6) is 0 Å². The van der Waals surface area contributed by atoms with Gasteiger partial charge in [0.1, 0.15) is 171 Å². The molecule has 21 fully saturated rings. The van der Waals surface area contributed by atoms with E-state index in [-0.39, 0.29) is 0 Å². The molecule has 35 atom stereocenters. The van der Waals surface area contributed by atoms with Crippen LogP contribution in [0.1, 0.15) is 0 Å². The molecule has 0 aliphatic carbocycles. The quantitative estimate of drug-likeness (QED) is 0.0863. The van der Waals surface area contributed by atoms with Crippen LogP contribution in [0.15, 0.2) is 0 Å². The first-order chi connectivity index (χ1) is 40.3. The minimum atomic E-state index is -2.39. The molecule has 39 nitrogen and oxygen atoms in total. The number of ether oxygens (including phenoxy) is 14. The van der Waals surface area contributed by atoms with Crippen molar-refractivity contribution in [2.45, 2.75) is 215 Å². The third-order valence-electron chi connectivity index (χ3n) is 15.7. The number of aliphatic hydroxyl groups excluding tert-OH is 20. The first kappa shape index (κ1) is 68.4. The van der Waals surface area contributed by atoms with E-state index in [0.29, 0.717) is 4.90 Å². The molecule has 85 heavy (non-hydrogen) atoms. The first-order valence-corrected chi connectivity index (χ1v) is 26.8. The Kier molecular flexibility index (Phi) is 23.5. The van der Waals surface area contributed by atoms with Gasteiger partial charge in [0, 0.05) is 19.6 Å². The van der Waals surface area contributed by atoms with Crippen molar-refractivity contribution in [1.29, 1.82) is 0 Å². The third-order valence-corrected chi connectivity index (χ3v) is 15.7. The fourth-order valence-electron chi connectivity index (χ4n) is 11.2. The fourth-order valence-corrected chi connectivity index (χ4v) is 11.2. The number of carboxylic acid groups (broad SMARTS) is 2. The van der Waals surface area contributed by atoms with Crippen molar-refractivity contribution >= 4 is 11.9 Å². The zero-order valence-corrected chi connectivity index (χ0v) is 44.3. The average Bonchev–Trinajstić information content (AvgIpc) is 1.76. The van der Waals surface area contributed by atoms with E-state index in [1.807, 2.05) is 0 Å². The molecule has 21 aliphatic heterocycles. The number of aliphatic hydroxyl groups is 20. The lowest BCUT2D eigenvalue weighted by molar-refractivity contribution is -0.396. The van der Waals surface area contributed by atoms with Gasteiger partial charge in [0.2, 0.25) is 0 Å². The van der Waals surface area contributed by atoms with Crippen molar-refractivity contribution in [2.75, 3.05) is 59.3 Å². The third kappa shape index (κ3) is 14.4. The summed E-state index contributed by atoms with van der Waals surface area (Å²) in [5.74, 6) is -3.74. The molecular formula is C46H73NO38-2. The number of hydrogen-bond acceptors (Lipinski definition) is 39. The van der Waals surface area contributed by atoms with E-state index >= 15 is 0 Å². The molecule has 14 bridgehead atoms. The monoisotopic (exact) mass is 1250 g/mol. The minimum Gasteiger partial charge on any atom is -0.549 e. The molecule has 0 aromatic carbocycles. The zero-order valence-electron chi connectivity index (χ0n) is 44.3. The number of nitrogens with zero attached hydrogens (tertiary/aromatic N) is 1. The van der Waals surface area contributed by atoms with Crippen molar-refractivity contribution in [3.8, 4) is 0 Å². The SMILES string of the molecule is O=C([O-])CN(CC(=O)[O-])C[C@H]1O[C@@H]2O[C@H]3[C@H](O)[C@@H](O)[C@@H](O[C@H]4[C@H](O)[C@@H](O)[C@@H](O[C@H]5[C@H](O)[C@@H](O)[C@@H](O[C@H]6[C@H](O)[C@@H](O)[C@@H](O[C@H]7[C@H](O)[C@@H](O)[C@@H](O[C@H]8[C@H](O)[C@@H](O)[C@@H](O[C@H]1[C@H](O)[C@H]2O)O[C@@H]8CO)O[C@@H]7CO)O[C@@H]6CO)O[C@@H]5CO)O[C@@H]4CO)O[C@@H]3CO. The second-order valence-electron chi connectivity index (χ2n) is 21.4. The second kappa shape index (κ2) is 29.2. The molecule has 0 aromatic rings. The Morgan fingerprint density at radius 2 is 0.412 bits per heavy atom. The topological polar surface area (TPSA) is 617 Å². The predicted molar refractivity (Wildman–Crippen MR) is 248 cm³/mol. The highest BCUT2D eigenvalue weighted by molar-refractivity contribution is 5.70. The van der Waals surface area contributed by atoms with Gasteiger partial charge >= 0.3 is 0 Å². The summed E-state index contributed by atoms with van der Waals surface area (Å²) in [5.41, 5.74) is 0. The van der Waals surface area contributed by atoms with Crippen molar-refractivity contribution in [3.05, 3.63) is 0 Å². The van der Waals surface area contributed by atoms with Gasteiger partial charge in [-0.25, -0.2) is 0 Å². The molecule has 39 heteroatoms. The Morgan fingerprint density at radius 1 is 0.259 bits per heavy atom. The highest BCUT2D eigenvalue weighted by atomic mass is 16.8. The summed E-state index contributed by atoms with van der Waals surface area (Å²) < 4.78 is 80.0. The lowest BCUT2D eigenvalue weighted by atomic mass is 9.95. The van der Waals surface area contributed by atoms with Gasteiger partial charge in [-0.15, -0.1) is 0 Å². The summed E-state index contributed by atoms with van der Waals surface area (Å²) in [7, 11) is 0. The van der Waals surface area contributed by atoms with Crippen molar-refractivity contribution < 1.29 is 188 Å². The van der Waals surface area contributed by atoms with Crippen LogP contribution in [0, 0.1) is 0 Å². The molecule has 0 unspecified atom stereocenters. The highest BCUT2D eigenvalue weighted by Gasteiger charge is 2.59. The fraction of sp³-hybridized carbons (Fsp3) is 0.957. The Bertz CT molecular complexity index is 2100. The normalized spacial score (nSPS) is 51.2. The number of carbonyl (C=O) groups excluding carboxylic acids is 2. The van der Waals surface area contributed by atoms with Crippen LogP contribution < -0.4 is 10.2 Å². The maximum atomic E-state index is 11.8. The van der Waals surface area contributed by atoms with Crippen molar-refractivity contribution in [3.63, 3.8) is 0 Å². The molecule has 21 saturated heterocycles. The average molecular weight is 1250 g/mol. The lowest BCUT2D eigenvalue weighted by Gasteiger charge is -2.50. The Balaban J connectivity index is 1.11. The standard InChI is InChI=1S/C46H75NO38/c48-4-11-34-21(60)28(67)42(74-11)82-36-13(6-50)76-44(30(69)23(36)62)84-38-15(8-52)78-46(32(71)25(38)64)85-39-16(9-53)77-45(31(70)24(39)63)83-37-14(7-51)75-43(29(68)22(37)61)81-35-12(5-49)73-41(27(66)20(35)59)79-33-10(72-40(80-34)26(65)19(33)58)1-47(2-17(54)55)3-18(56)57/h10-16,19-46,48-53,58-71H,1-9H2,(H,54,55)(H,56,57)/p-2/t10-,11-,12-,13-,14-,15-,16-,19-,20-,21-,22-,23-,24-,25-,26-,27-,28-,29-,30-,31-,32-,33-,34-,35-,36-,37-,38-,39-,40-,41-,42-,43-,44-,45-,46-/m1/s1. The molecule has 492 valence electrons. The lowest BCUT2D eigenvalue weighted by Crippen LogP contribution is -2.68. The maximum absolute atomic E-state index is 11.8. The Hall–Kier alpha value is -2.46. The summed E-state index contributed by atoms with van der Waals surface area (Å²) in [5, 5.41) is 246. The highest BCUT2D eigenvalue weighted by Crippen LogP contribution is 2.39. The summed E-state index contributed by atoms with van der Waals surface area (Å²) in [6.45, 7) is -9.99. The molecule has 0 radical (unpaired) electrons. The van der Waals surface area contributed by atoms with Gasteiger partial charge in [-0.3, -0.25) is 4.90 Å². The largest absolute Gasteiger partial charge is 0.549 e. The van der Waals surface area contributed by atoms with Gasteiger partial charge in [0.25, 0.3) is 0 Å². The zero-order chi connectivity index (χ0) is 62.2. The molecule has 20 N–H and O–H groups in total. The molecule has 0 spiro atoms. The molecule has 21 heterocycles. The van der Waals surface area contributed by atoms with Crippen LogP contribution >= 0.6 is 0 Å². The van der Waals surface area contributed by atoms with Crippen molar-refractivity contribution in [1.82, 2.24) is 4.90 Å². The van der Waals surface area contributed by atoms with Gasteiger partial charge in [0.15, 0.2) is 44.0 Å². The van der Waals surface area contributed by atoms with Gasteiger partial charge in [-0.1, -0.05) is 0 Å². The van der Waals surface area contributed by atoms with Crippen LogP contribution in [0.25, 0.3) is 0 Å². The first-order valence-electron chi connectivity index (χ1n) is 26.8. The predicted octanol–water partition coefficient (Wildman–Crippen LogP) is -18.4. The minimum absolute atomic E-state index is 0.607. The molecule has 0 saturated carbocycles. The summed E-state index contributed by atoms with van der Waals surface area (Å²) in [6.07, 6.45) is -73.8. The Labute approximate surface area is 478 Å². The smallest absolute Gasteiger partial charge is 0.187 e. The van der Waals surface area contributed by atoms with Crippen LogP contribution in [0.4, 0.5) is 0 Å². The molecule has 21 rings (SSSR count). The number of rotatable bonds is 12. The van der Waals surface area contributed by atoms with E-state index < -0.39 is 286 Å². The van der Waals surface area contributed by atoms with E-state index in [0.717, 1.165) is 0 Å².